The van der Waals surface area contributed by atoms with Gasteiger partial charge in [-0.2, -0.15) is 0 Å². The van der Waals surface area contributed by atoms with Gasteiger partial charge < -0.3 is 19.5 Å². The van der Waals surface area contributed by atoms with Crippen LogP contribution in [-0.2, 0) is 14.3 Å². The zero-order valence-electron chi connectivity index (χ0n) is 19.6. The maximum atomic E-state index is 11.8. The van der Waals surface area contributed by atoms with E-state index in [0.29, 0.717) is 12.3 Å². The van der Waals surface area contributed by atoms with E-state index >= 15 is 0 Å². The van der Waals surface area contributed by atoms with Gasteiger partial charge >= 0.3 is 5.97 Å². The van der Waals surface area contributed by atoms with Gasteiger partial charge in [0.05, 0.1) is 6.61 Å². The van der Waals surface area contributed by atoms with Crippen LogP contribution in [0.4, 0.5) is 0 Å². The molecule has 5 heteroatoms. The number of nitrogens with zero attached hydrogens (tertiary/aromatic N) is 1. The van der Waals surface area contributed by atoms with Crippen molar-refractivity contribution >= 4 is 5.97 Å². The number of carboxylic acids is 1. The highest BCUT2D eigenvalue weighted by Crippen LogP contribution is 2.32. The minimum absolute atomic E-state index is 0.240. The number of rotatable bonds is 11. The molecule has 3 rings (SSSR count). The minimum Gasteiger partial charge on any atom is -0.479 e. The number of ether oxygens (including phenoxy) is 2. The third-order valence-corrected chi connectivity index (χ3v) is 6.27. The van der Waals surface area contributed by atoms with Crippen LogP contribution < -0.4 is 0 Å². The Morgan fingerprint density at radius 1 is 1.03 bits per heavy atom. The Kier molecular flexibility index (Phi) is 9.27. The van der Waals surface area contributed by atoms with Crippen LogP contribution in [0.1, 0.15) is 61.8 Å². The van der Waals surface area contributed by atoms with Crippen molar-refractivity contribution in [2.24, 2.45) is 5.92 Å². The summed E-state index contributed by atoms with van der Waals surface area (Å²) >= 11 is 0. The Balaban J connectivity index is 1.74. The lowest BCUT2D eigenvalue weighted by atomic mass is 9.88. The molecule has 0 spiro atoms. The average molecular weight is 440 g/mol. The Morgan fingerprint density at radius 2 is 1.66 bits per heavy atom. The monoisotopic (exact) mass is 439 g/mol. The van der Waals surface area contributed by atoms with Crippen LogP contribution in [0.5, 0.6) is 0 Å². The number of hydrogen-bond donors (Lipinski definition) is 1. The van der Waals surface area contributed by atoms with Crippen LogP contribution in [-0.4, -0.2) is 55.4 Å². The highest BCUT2D eigenvalue weighted by atomic mass is 16.5. The van der Waals surface area contributed by atoms with Crippen molar-refractivity contribution in [3.05, 3.63) is 71.3 Å². The maximum absolute atomic E-state index is 11.8. The fraction of sp³-hybridized carbons (Fsp3) is 0.519. The Hall–Kier alpha value is -2.21. The van der Waals surface area contributed by atoms with Crippen molar-refractivity contribution in [3.63, 3.8) is 0 Å². The van der Waals surface area contributed by atoms with Gasteiger partial charge in [0.1, 0.15) is 6.10 Å². The molecule has 2 aromatic carbocycles. The maximum Gasteiger partial charge on any atom is 0.332 e. The summed E-state index contributed by atoms with van der Waals surface area (Å²) in [5, 5.41) is 9.72. The van der Waals surface area contributed by atoms with Crippen molar-refractivity contribution < 1.29 is 19.4 Å². The number of likely N-dealkylation sites (tertiary alicyclic amines) is 1. The lowest BCUT2D eigenvalue weighted by Crippen LogP contribution is -2.35. The molecule has 0 bridgehead atoms. The van der Waals surface area contributed by atoms with Gasteiger partial charge in [0, 0.05) is 13.7 Å². The van der Waals surface area contributed by atoms with Crippen molar-refractivity contribution in [2.45, 2.75) is 51.2 Å². The molecule has 0 radical (unpaired) electrons. The van der Waals surface area contributed by atoms with E-state index in [1.54, 1.807) is 7.11 Å². The molecule has 1 saturated heterocycles. The van der Waals surface area contributed by atoms with Gasteiger partial charge in [0.25, 0.3) is 0 Å². The van der Waals surface area contributed by atoms with E-state index in [1.807, 2.05) is 44.2 Å². The summed E-state index contributed by atoms with van der Waals surface area (Å²) in [6.45, 7) is 8.02. The molecule has 1 N–H and O–H groups in total. The van der Waals surface area contributed by atoms with Gasteiger partial charge in [0.2, 0.25) is 0 Å². The number of methoxy groups -OCH3 is 1. The first kappa shape index (κ1) is 24.4. The molecular formula is C27H37NO4. The summed E-state index contributed by atoms with van der Waals surface area (Å²) < 4.78 is 11.4. The Labute approximate surface area is 192 Å². The molecule has 2 aromatic rings. The lowest BCUT2D eigenvalue weighted by molar-refractivity contribution is -0.154. The summed E-state index contributed by atoms with van der Waals surface area (Å²) in [6.07, 6.45) is 1.55. The quantitative estimate of drug-likeness (QED) is 0.527. The number of carboxylic acid groups (broad SMARTS) is 1. The molecule has 1 fully saturated rings. The van der Waals surface area contributed by atoms with Crippen molar-refractivity contribution in [1.82, 2.24) is 4.90 Å². The molecule has 32 heavy (non-hydrogen) atoms. The van der Waals surface area contributed by atoms with E-state index in [0.717, 1.165) is 50.2 Å². The molecule has 5 nitrogen and oxygen atoms in total. The molecule has 1 aliphatic heterocycles. The van der Waals surface area contributed by atoms with E-state index in [9.17, 15) is 9.90 Å². The van der Waals surface area contributed by atoms with Crippen LogP contribution in [0.25, 0.3) is 0 Å². The number of hydrogen-bond acceptors (Lipinski definition) is 4. The number of piperidine rings is 1. The molecule has 2 atom stereocenters. The van der Waals surface area contributed by atoms with E-state index in [2.05, 4.69) is 29.2 Å². The Morgan fingerprint density at radius 3 is 2.22 bits per heavy atom. The van der Waals surface area contributed by atoms with Crippen LogP contribution >= 0.6 is 0 Å². The SMILES string of the molecule is COCCN1CCC(c2ccc(C(O[C@@H](CC(C)C)C(=O)O)c3ccccc3)cc2)CC1. The molecule has 0 amide bonds. The van der Waals surface area contributed by atoms with E-state index in [1.165, 1.54) is 5.56 Å². The Bertz CT molecular complexity index is 813. The zero-order valence-corrected chi connectivity index (χ0v) is 19.6. The zero-order chi connectivity index (χ0) is 22.9. The van der Waals surface area contributed by atoms with Gasteiger partial charge in [-0.3, -0.25) is 0 Å². The van der Waals surface area contributed by atoms with Gasteiger partial charge in [-0.05, 0) is 60.9 Å². The normalized spacial score (nSPS) is 17.4. The summed E-state index contributed by atoms with van der Waals surface area (Å²) in [4.78, 5) is 14.3. The molecule has 0 aromatic heterocycles. The minimum atomic E-state index is -0.906. The second kappa shape index (κ2) is 12.1. The van der Waals surface area contributed by atoms with Gasteiger partial charge in [0.15, 0.2) is 6.10 Å². The fourth-order valence-electron chi connectivity index (χ4n) is 4.44. The predicted molar refractivity (Wildman–Crippen MR) is 127 cm³/mol. The van der Waals surface area contributed by atoms with Gasteiger partial charge in [-0.1, -0.05) is 68.4 Å². The molecular weight excluding hydrogens is 402 g/mol. The summed E-state index contributed by atoms with van der Waals surface area (Å²) in [5.74, 6) is -0.104. The first-order valence-corrected chi connectivity index (χ1v) is 11.7. The van der Waals surface area contributed by atoms with Gasteiger partial charge in [-0.15, -0.1) is 0 Å². The molecule has 1 unspecified atom stereocenters. The highest BCUT2D eigenvalue weighted by molar-refractivity contribution is 5.72. The predicted octanol–water partition coefficient (Wildman–Crippen LogP) is 5.12. The standard InChI is InChI=1S/C27H37NO4/c1-20(2)19-25(27(29)30)32-26(23-7-5-4-6-8-23)24-11-9-21(10-12-24)22-13-15-28(16-14-22)17-18-31-3/h4-12,20,22,25-26H,13-19H2,1-3H3,(H,29,30)/t25-,26?/m0/s1. The third kappa shape index (κ3) is 6.89. The molecule has 0 saturated carbocycles. The molecule has 1 heterocycles. The first-order chi connectivity index (χ1) is 15.5. The fourth-order valence-corrected chi connectivity index (χ4v) is 4.44. The van der Waals surface area contributed by atoms with Crippen LogP contribution in [0, 0.1) is 5.92 Å². The number of carbonyl (C=O) groups is 1. The smallest absolute Gasteiger partial charge is 0.332 e. The third-order valence-electron chi connectivity index (χ3n) is 6.27. The molecule has 1 aliphatic rings. The summed E-state index contributed by atoms with van der Waals surface area (Å²) in [7, 11) is 1.75. The van der Waals surface area contributed by atoms with Crippen molar-refractivity contribution in [3.8, 4) is 0 Å². The second-order valence-corrected chi connectivity index (χ2v) is 9.16. The molecule has 0 aliphatic carbocycles. The van der Waals surface area contributed by atoms with Crippen LogP contribution in [0.15, 0.2) is 54.6 Å². The van der Waals surface area contributed by atoms with E-state index in [-0.39, 0.29) is 5.92 Å². The topological polar surface area (TPSA) is 59.0 Å². The van der Waals surface area contributed by atoms with E-state index < -0.39 is 18.2 Å². The lowest BCUT2D eigenvalue weighted by Gasteiger charge is -2.32. The van der Waals surface area contributed by atoms with Crippen LogP contribution in [0.2, 0.25) is 0 Å². The molecule has 174 valence electrons. The largest absolute Gasteiger partial charge is 0.479 e. The van der Waals surface area contributed by atoms with Crippen molar-refractivity contribution in [2.75, 3.05) is 33.4 Å². The highest BCUT2D eigenvalue weighted by Gasteiger charge is 2.27. The summed E-state index contributed by atoms with van der Waals surface area (Å²) in [6, 6.07) is 18.5. The summed E-state index contributed by atoms with van der Waals surface area (Å²) in [5.41, 5.74) is 3.32. The first-order valence-electron chi connectivity index (χ1n) is 11.7. The van der Waals surface area contributed by atoms with Gasteiger partial charge in [-0.25, -0.2) is 4.79 Å². The number of benzene rings is 2. The average Bonchev–Trinajstić information content (AvgIpc) is 2.81. The van der Waals surface area contributed by atoms with Crippen molar-refractivity contribution in [1.29, 1.82) is 0 Å². The van der Waals surface area contributed by atoms with E-state index in [4.69, 9.17) is 9.47 Å². The second-order valence-electron chi connectivity index (χ2n) is 9.16. The number of aliphatic carboxylic acids is 1. The van der Waals surface area contributed by atoms with Crippen LogP contribution in [0.3, 0.4) is 0 Å².